The molecule has 2 aromatic heterocycles. The second kappa shape index (κ2) is 6.88. The van der Waals surface area contributed by atoms with E-state index in [9.17, 15) is 13.2 Å². The normalized spacial score (nSPS) is 11.4. The highest BCUT2D eigenvalue weighted by Crippen LogP contribution is 2.35. The molecule has 7 heteroatoms. The summed E-state index contributed by atoms with van der Waals surface area (Å²) in [6, 6.07) is 8.79. The Bertz CT molecular complexity index is 867. The van der Waals surface area contributed by atoms with Crippen LogP contribution >= 0.6 is 0 Å². The Hall–Kier alpha value is -2.96. The van der Waals surface area contributed by atoms with Gasteiger partial charge in [-0.3, -0.25) is 4.98 Å². The fourth-order valence-corrected chi connectivity index (χ4v) is 2.31. The fraction of sp³-hybridized carbons (Fsp3) is 0.167. The summed E-state index contributed by atoms with van der Waals surface area (Å²) in [5.74, 6) is 0.130. The zero-order valence-electron chi connectivity index (χ0n) is 13.3. The molecule has 0 spiro atoms. The van der Waals surface area contributed by atoms with Crippen molar-refractivity contribution in [3.8, 4) is 16.9 Å². The molecule has 0 aliphatic rings. The molecule has 0 aliphatic carbocycles. The minimum atomic E-state index is -4.47. The molecule has 0 amide bonds. The molecule has 25 heavy (non-hydrogen) atoms. The second-order valence-electron chi connectivity index (χ2n) is 5.41. The minimum Gasteiger partial charge on any atom is -0.489 e. The van der Waals surface area contributed by atoms with Gasteiger partial charge in [-0.15, -0.1) is 0 Å². The van der Waals surface area contributed by atoms with Crippen LogP contribution in [0.3, 0.4) is 0 Å². The first kappa shape index (κ1) is 16.9. The van der Waals surface area contributed by atoms with Crippen molar-refractivity contribution in [2.75, 3.05) is 0 Å². The van der Waals surface area contributed by atoms with Crippen molar-refractivity contribution >= 4 is 0 Å². The maximum absolute atomic E-state index is 13.2. The molecule has 3 aromatic rings. The third-order valence-corrected chi connectivity index (χ3v) is 3.66. The van der Waals surface area contributed by atoms with Gasteiger partial charge in [0.15, 0.2) is 0 Å². The lowest BCUT2D eigenvalue weighted by Gasteiger charge is -2.14. The molecule has 128 valence electrons. The maximum atomic E-state index is 13.2. The largest absolute Gasteiger partial charge is 0.489 e. The van der Waals surface area contributed by atoms with E-state index in [0.717, 1.165) is 23.4 Å². The van der Waals surface area contributed by atoms with E-state index < -0.39 is 11.7 Å². The molecule has 0 fully saturated rings. The van der Waals surface area contributed by atoms with E-state index in [4.69, 9.17) is 4.74 Å². The van der Waals surface area contributed by atoms with Crippen LogP contribution in [0.5, 0.6) is 5.75 Å². The highest BCUT2D eigenvalue weighted by atomic mass is 19.4. The van der Waals surface area contributed by atoms with Crippen LogP contribution in [0.1, 0.15) is 16.8 Å². The smallest absolute Gasteiger partial charge is 0.416 e. The van der Waals surface area contributed by atoms with Crippen molar-refractivity contribution < 1.29 is 17.9 Å². The average molecular weight is 345 g/mol. The highest BCUT2D eigenvalue weighted by molar-refractivity contribution is 5.65. The molecular weight excluding hydrogens is 331 g/mol. The molecule has 0 unspecified atom stereocenters. The molecule has 2 heterocycles. The van der Waals surface area contributed by atoms with Gasteiger partial charge >= 0.3 is 6.18 Å². The second-order valence-corrected chi connectivity index (χ2v) is 5.41. The Kier molecular flexibility index (Phi) is 4.65. The van der Waals surface area contributed by atoms with E-state index in [1.807, 2.05) is 13.0 Å². The van der Waals surface area contributed by atoms with E-state index in [-0.39, 0.29) is 12.4 Å². The van der Waals surface area contributed by atoms with Crippen LogP contribution in [0.25, 0.3) is 11.1 Å². The van der Waals surface area contributed by atoms with Crippen LogP contribution in [-0.2, 0) is 12.8 Å². The van der Waals surface area contributed by atoms with Gasteiger partial charge in [0.05, 0.1) is 18.0 Å². The average Bonchev–Trinajstić information content (AvgIpc) is 2.61. The molecule has 0 saturated heterocycles. The number of hydrogen-bond donors (Lipinski definition) is 0. The van der Waals surface area contributed by atoms with Crippen molar-refractivity contribution in [1.82, 2.24) is 15.2 Å². The third-order valence-electron chi connectivity index (χ3n) is 3.66. The Morgan fingerprint density at radius 3 is 2.52 bits per heavy atom. The first-order valence-electron chi connectivity index (χ1n) is 7.46. The van der Waals surface area contributed by atoms with E-state index in [2.05, 4.69) is 15.2 Å². The first-order chi connectivity index (χ1) is 11.9. The molecule has 3 rings (SSSR count). The Labute approximate surface area is 142 Å². The lowest BCUT2D eigenvalue weighted by molar-refractivity contribution is -0.137. The number of alkyl halides is 3. The number of rotatable bonds is 4. The number of benzene rings is 1. The predicted octanol–water partition coefficient (Wildman–Crippen LogP) is 4.44. The maximum Gasteiger partial charge on any atom is 0.416 e. The monoisotopic (exact) mass is 345 g/mol. The summed E-state index contributed by atoms with van der Waals surface area (Å²) >= 11 is 0. The predicted molar refractivity (Wildman–Crippen MR) is 85.8 cm³/mol. The van der Waals surface area contributed by atoms with Gasteiger partial charge in [0.25, 0.3) is 0 Å². The van der Waals surface area contributed by atoms with Crippen molar-refractivity contribution in [3.05, 3.63) is 71.8 Å². The number of nitrogens with zero attached hydrogens (tertiary/aromatic N) is 3. The molecule has 1 aromatic carbocycles. The van der Waals surface area contributed by atoms with Crippen LogP contribution in [0.4, 0.5) is 13.2 Å². The van der Waals surface area contributed by atoms with Crippen LogP contribution < -0.4 is 4.74 Å². The number of aromatic nitrogens is 3. The lowest BCUT2D eigenvalue weighted by atomic mass is 10.0. The van der Waals surface area contributed by atoms with Crippen LogP contribution in [-0.4, -0.2) is 15.2 Å². The Balaban J connectivity index is 1.94. The van der Waals surface area contributed by atoms with Crippen molar-refractivity contribution in [2.24, 2.45) is 0 Å². The van der Waals surface area contributed by atoms with Gasteiger partial charge in [0, 0.05) is 23.0 Å². The Morgan fingerprint density at radius 2 is 1.84 bits per heavy atom. The standard InChI is InChI=1S/C18H14F3N3O/c1-12-14(3-2-5-22-12)11-25-17-8-15(13-4-6-23-24-10-13)7-16(9-17)18(19,20)21/h2-10H,11H2,1H3. The zero-order valence-corrected chi connectivity index (χ0v) is 13.3. The summed E-state index contributed by atoms with van der Waals surface area (Å²) in [4.78, 5) is 4.14. The van der Waals surface area contributed by atoms with Gasteiger partial charge < -0.3 is 4.74 Å². The molecule has 0 N–H and O–H groups in total. The number of pyridine rings is 1. The first-order valence-corrected chi connectivity index (χ1v) is 7.46. The minimum absolute atomic E-state index is 0.130. The number of halogens is 3. The number of aryl methyl sites for hydroxylation is 1. The molecule has 0 radical (unpaired) electrons. The quantitative estimate of drug-likeness (QED) is 0.701. The summed E-state index contributed by atoms with van der Waals surface area (Å²) in [5.41, 5.74) is 1.70. The molecular formula is C18H14F3N3O. The van der Waals surface area contributed by atoms with Crippen LogP contribution in [0.15, 0.2) is 55.0 Å². The van der Waals surface area contributed by atoms with E-state index in [1.165, 1.54) is 12.4 Å². The molecule has 4 nitrogen and oxygen atoms in total. The molecule has 0 aliphatic heterocycles. The van der Waals surface area contributed by atoms with Gasteiger partial charge in [-0.25, -0.2) is 0 Å². The highest BCUT2D eigenvalue weighted by Gasteiger charge is 2.31. The van der Waals surface area contributed by atoms with Gasteiger partial charge in [-0.05, 0) is 42.8 Å². The fourth-order valence-electron chi connectivity index (χ4n) is 2.31. The topological polar surface area (TPSA) is 47.9 Å². The van der Waals surface area contributed by atoms with Crippen molar-refractivity contribution in [3.63, 3.8) is 0 Å². The van der Waals surface area contributed by atoms with Gasteiger partial charge in [-0.2, -0.15) is 23.4 Å². The summed E-state index contributed by atoms with van der Waals surface area (Å²) < 4.78 is 45.2. The summed E-state index contributed by atoms with van der Waals surface area (Å²) in [7, 11) is 0. The SMILES string of the molecule is Cc1ncccc1COc1cc(-c2ccnnc2)cc(C(F)(F)F)c1. The van der Waals surface area contributed by atoms with Crippen molar-refractivity contribution in [2.45, 2.75) is 19.7 Å². The Morgan fingerprint density at radius 1 is 1.00 bits per heavy atom. The third kappa shape index (κ3) is 4.12. The number of hydrogen-bond acceptors (Lipinski definition) is 4. The van der Waals surface area contributed by atoms with E-state index >= 15 is 0 Å². The van der Waals surface area contributed by atoms with Gasteiger partial charge in [0.1, 0.15) is 12.4 Å². The summed E-state index contributed by atoms with van der Waals surface area (Å²) in [5, 5.41) is 7.35. The van der Waals surface area contributed by atoms with E-state index in [1.54, 1.807) is 24.4 Å². The lowest BCUT2D eigenvalue weighted by Crippen LogP contribution is -2.06. The summed E-state index contributed by atoms with van der Waals surface area (Å²) in [6.07, 6.45) is 0.0100. The molecule has 0 bridgehead atoms. The zero-order chi connectivity index (χ0) is 17.9. The summed E-state index contributed by atoms with van der Waals surface area (Å²) in [6.45, 7) is 1.95. The van der Waals surface area contributed by atoms with Gasteiger partial charge in [-0.1, -0.05) is 6.07 Å². The van der Waals surface area contributed by atoms with Crippen LogP contribution in [0, 0.1) is 6.92 Å². The van der Waals surface area contributed by atoms with Gasteiger partial charge in [0.2, 0.25) is 0 Å². The molecule has 0 saturated carbocycles. The number of ether oxygens (including phenoxy) is 1. The molecule has 0 atom stereocenters. The van der Waals surface area contributed by atoms with E-state index in [0.29, 0.717) is 11.1 Å². The van der Waals surface area contributed by atoms with Crippen LogP contribution in [0.2, 0.25) is 0 Å². The van der Waals surface area contributed by atoms with Crippen molar-refractivity contribution in [1.29, 1.82) is 0 Å².